The number of hydrogen-bond acceptors (Lipinski definition) is 5. The number of sulfonamides is 1. The van der Waals surface area contributed by atoms with E-state index in [0.717, 1.165) is 6.07 Å². The third-order valence-electron chi connectivity index (χ3n) is 2.36. The van der Waals surface area contributed by atoms with E-state index < -0.39 is 15.8 Å². The van der Waals surface area contributed by atoms with E-state index in [2.05, 4.69) is 15.1 Å². The van der Waals surface area contributed by atoms with Gasteiger partial charge < -0.3 is 5.43 Å². The molecular formula is C11H10ClFN4O2S. The molecule has 4 N–H and O–H groups in total. The number of halogens is 2. The van der Waals surface area contributed by atoms with E-state index in [1.54, 1.807) is 0 Å². The van der Waals surface area contributed by atoms with Crippen LogP contribution in [0.3, 0.4) is 0 Å². The van der Waals surface area contributed by atoms with Gasteiger partial charge in [-0.25, -0.2) is 23.6 Å². The summed E-state index contributed by atoms with van der Waals surface area (Å²) in [6.07, 6.45) is 1.26. The van der Waals surface area contributed by atoms with Crippen LogP contribution in [0.4, 0.5) is 15.9 Å². The lowest BCUT2D eigenvalue weighted by Gasteiger charge is -2.10. The van der Waals surface area contributed by atoms with Gasteiger partial charge >= 0.3 is 0 Å². The summed E-state index contributed by atoms with van der Waals surface area (Å²) in [5.74, 6) is 4.59. The van der Waals surface area contributed by atoms with Gasteiger partial charge in [-0.2, -0.15) is 0 Å². The van der Waals surface area contributed by atoms with E-state index in [0.29, 0.717) is 0 Å². The number of hydrazine groups is 1. The number of nitrogens with one attached hydrogen (secondary N) is 2. The van der Waals surface area contributed by atoms with Crippen LogP contribution in [-0.4, -0.2) is 13.4 Å². The number of nitrogens with zero attached hydrogens (tertiary/aromatic N) is 1. The highest BCUT2D eigenvalue weighted by Gasteiger charge is 2.17. The van der Waals surface area contributed by atoms with Crippen LogP contribution in [0.2, 0.25) is 5.02 Å². The monoisotopic (exact) mass is 316 g/mol. The van der Waals surface area contributed by atoms with Gasteiger partial charge in [0.05, 0.1) is 10.6 Å². The zero-order valence-corrected chi connectivity index (χ0v) is 11.5. The van der Waals surface area contributed by atoms with Gasteiger partial charge in [0, 0.05) is 17.3 Å². The summed E-state index contributed by atoms with van der Waals surface area (Å²) < 4.78 is 39.9. The van der Waals surface area contributed by atoms with E-state index >= 15 is 0 Å². The predicted octanol–water partition coefficient (Wildman–Crippen LogP) is 1.96. The summed E-state index contributed by atoms with van der Waals surface area (Å²) >= 11 is 5.70. The van der Waals surface area contributed by atoms with Crippen molar-refractivity contribution in [3.8, 4) is 0 Å². The maximum absolute atomic E-state index is 13.5. The van der Waals surface area contributed by atoms with E-state index in [9.17, 15) is 12.8 Å². The molecule has 2 rings (SSSR count). The molecule has 0 unspecified atom stereocenters. The number of aromatic nitrogens is 1. The number of hydrogen-bond donors (Lipinski definition) is 3. The first-order chi connectivity index (χ1) is 9.42. The molecule has 6 nitrogen and oxygen atoms in total. The minimum atomic E-state index is -3.97. The van der Waals surface area contributed by atoms with Crippen molar-refractivity contribution in [2.45, 2.75) is 4.90 Å². The van der Waals surface area contributed by atoms with Crippen LogP contribution in [0.15, 0.2) is 41.4 Å². The Labute approximate surface area is 119 Å². The summed E-state index contributed by atoms with van der Waals surface area (Å²) in [6.45, 7) is 0. The van der Waals surface area contributed by atoms with Gasteiger partial charge in [-0.15, -0.1) is 0 Å². The average Bonchev–Trinajstić information content (AvgIpc) is 2.43. The molecule has 0 radical (unpaired) electrons. The maximum atomic E-state index is 13.5. The quantitative estimate of drug-likeness (QED) is 0.592. The third-order valence-corrected chi connectivity index (χ3v) is 3.96. The summed E-state index contributed by atoms with van der Waals surface area (Å²) in [4.78, 5) is 3.68. The lowest BCUT2D eigenvalue weighted by atomic mass is 10.3. The van der Waals surface area contributed by atoms with Crippen LogP contribution in [0, 0.1) is 5.82 Å². The average molecular weight is 317 g/mol. The molecule has 0 aliphatic heterocycles. The lowest BCUT2D eigenvalue weighted by molar-refractivity contribution is 0.598. The van der Waals surface area contributed by atoms with Crippen LogP contribution in [0.25, 0.3) is 0 Å². The molecule has 106 valence electrons. The van der Waals surface area contributed by atoms with Crippen LogP contribution in [0.5, 0.6) is 0 Å². The number of nitrogens with two attached hydrogens (primary N) is 1. The van der Waals surface area contributed by atoms with E-state index in [-0.39, 0.29) is 21.4 Å². The molecule has 0 amide bonds. The van der Waals surface area contributed by atoms with Gasteiger partial charge in [-0.1, -0.05) is 11.6 Å². The third kappa shape index (κ3) is 3.16. The molecule has 0 aliphatic carbocycles. The first-order valence-corrected chi connectivity index (χ1v) is 7.19. The van der Waals surface area contributed by atoms with Crippen molar-refractivity contribution in [2.75, 3.05) is 10.1 Å². The fraction of sp³-hybridized carbons (Fsp3) is 0. The number of anilines is 2. The molecule has 0 atom stereocenters. The van der Waals surface area contributed by atoms with Crippen LogP contribution in [-0.2, 0) is 10.0 Å². The fourth-order valence-electron chi connectivity index (χ4n) is 1.44. The lowest BCUT2D eigenvalue weighted by Crippen LogP contribution is -2.15. The van der Waals surface area contributed by atoms with Gasteiger partial charge in [-0.3, -0.25) is 4.72 Å². The Kier molecular flexibility index (Phi) is 4.07. The van der Waals surface area contributed by atoms with Gasteiger partial charge in [0.1, 0.15) is 11.6 Å². The van der Waals surface area contributed by atoms with Gasteiger partial charge in [0.2, 0.25) is 0 Å². The molecule has 0 saturated heterocycles. The second kappa shape index (κ2) is 5.61. The fourth-order valence-corrected chi connectivity index (χ4v) is 2.68. The van der Waals surface area contributed by atoms with Crippen molar-refractivity contribution in [1.29, 1.82) is 0 Å². The molecular weight excluding hydrogens is 307 g/mol. The van der Waals surface area contributed by atoms with Crippen LogP contribution >= 0.6 is 11.6 Å². The predicted molar refractivity (Wildman–Crippen MR) is 74.3 cm³/mol. The molecule has 0 saturated carbocycles. The van der Waals surface area contributed by atoms with Crippen molar-refractivity contribution in [3.63, 3.8) is 0 Å². The summed E-state index contributed by atoms with van der Waals surface area (Å²) in [5, 5.41) is 0.211. The second-order valence-electron chi connectivity index (χ2n) is 3.75. The van der Waals surface area contributed by atoms with Gasteiger partial charge in [-0.05, 0) is 24.3 Å². The molecule has 20 heavy (non-hydrogen) atoms. The number of pyridine rings is 1. The van der Waals surface area contributed by atoms with E-state index in [4.69, 9.17) is 17.4 Å². The van der Waals surface area contributed by atoms with Crippen LogP contribution in [0.1, 0.15) is 0 Å². The van der Waals surface area contributed by atoms with E-state index in [1.165, 1.54) is 30.5 Å². The summed E-state index contributed by atoms with van der Waals surface area (Å²) in [5.41, 5.74) is 1.99. The Balaban J connectivity index is 2.38. The van der Waals surface area contributed by atoms with Gasteiger partial charge in [0.25, 0.3) is 10.0 Å². The molecule has 0 aliphatic rings. The minimum absolute atomic E-state index is 0.111. The highest BCUT2D eigenvalue weighted by Crippen LogP contribution is 2.23. The zero-order chi connectivity index (χ0) is 14.8. The largest absolute Gasteiger partial charge is 0.308 e. The Morgan fingerprint density at radius 3 is 2.70 bits per heavy atom. The SMILES string of the molecule is NNc1cc(S(=O)(=O)Nc2cc(Cl)ccc2F)ccn1. The summed E-state index contributed by atoms with van der Waals surface area (Å²) in [6, 6.07) is 6.03. The highest BCUT2D eigenvalue weighted by molar-refractivity contribution is 7.92. The Hall–Kier alpha value is -1.90. The van der Waals surface area contributed by atoms with Crippen LogP contribution < -0.4 is 16.0 Å². The molecule has 1 aromatic heterocycles. The molecule has 0 fully saturated rings. The molecule has 2 aromatic rings. The number of rotatable bonds is 4. The number of benzene rings is 1. The number of nitrogen functional groups attached to an aromatic ring is 1. The molecule has 9 heteroatoms. The Bertz CT molecular complexity index is 739. The van der Waals surface area contributed by atoms with Crippen molar-refractivity contribution < 1.29 is 12.8 Å². The van der Waals surface area contributed by atoms with Gasteiger partial charge in [0.15, 0.2) is 0 Å². The smallest absolute Gasteiger partial charge is 0.262 e. The van der Waals surface area contributed by atoms with Crippen molar-refractivity contribution in [2.24, 2.45) is 5.84 Å². The standard InChI is InChI=1S/C11H10ClFN4O2S/c12-7-1-2-9(13)10(5-7)17-20(18,19)8-3-4-15-11(6-8)16-14/h1-6,17H,14H2,(H,15,16). The normalized spacial score (nSPS) is 11.2. The van der Waals surface area contributed by atoms with Crippen molar-refractivity contribution in [3.05, 3.63) is 47.4 Å². The molecule has 1 aromatic carbocycles. The molecule has 0 bridgehead atoms. The Morgan fingerprint density at radius 2 is 2.00 bits per heavy atom. The van der Waals surface area contributed by atoms with E-state index in [1.807, 2.05) is 0 Å². The molecule has 0 spiro atoms. The highest BCUT2D eigenvalue weighted by atomic mass is 35.5. The first-order valence-electron chi connectivity index (χ1n) is 5.33. The second-order valence-corrected chi connectivity index (χ2v) is 5.87. The van der Waals surface area contributed by atoms with Crippen molar-refractivity contribution >= 4 is 33.1 Å². The first kappa shape index (κ1) is 14.5. The Morgan fingerprint density at radius 1 is 1.25 bits per heavy atom. The zero-order valence-electron chi connectivity index (χ0n) is 9.97. The molecule has 1 heterocycles. The van der Waals surface area contributed by atoms with Crippen molar-refractivity contribution in [1.82, 2.24) is 4.98 Å². The topological polar surface area (TPSA) is 97.1 Å². The minimum Gasteiger partial charge on any atom is -0.308 e. The maximum Gasteiger partial charge on any atom is 0.262 e. The summed E-state index contributed by atoms with van der Waals surface area (Å²) in [7, 11) is -3.97.